The molecular weight excluding hydrogens is 306 g/mol. The lowest BCUT2D eigenvalue weighted by Crippen LogP contribution is -2.31. The topological polar surface area (TPSA) is 23.5 Å². The molecule has 0 saturated heterocycles. The Balaban J connectivity index is 4.53. The molecule has 1 N–H and O–H groups in total. The largest absolute Gasteiger partial charge is 0.392 e. The Kier molecular flexibility index (Phi) is 13.5. The van der Waals surface area contributed by atoms with Gasteiger partial charge in [0.1, 0.15) is 0 Å². The minimum atomic E-state index is -0.293. The van der Waals surface area contributed by atoms with Gasteiger partial charge < -0.3 is 5.11 Å². The summed E-state index contributed by atoms with van der Waals surface area (Å²) in [5.74, 6) is 0. The molecule has 25 heavy (non-hydrogen) atoms. The molecule has 0 bridgehead atoms. The third kappa shape index (κ3) is 16.1. The molecule has 0 aliphatic carbocycles. The lowest BCUT2D eigenvalue weighted by atomic mass is 10.1. The fourth-order valence-electron chi connectivity index (χ4n) is 2.55. The van der Waals surface area contributed by atoms with Gasteiger partial charge in [0.05, 0.1) is 6.10 Å². The highest BCUT2D eigenvalue weighted by Crippen LogP contribution is 2.09. The molecule has 0 fully saturated rings. The van der Waals surface area contributed by atoms with Crippen molar-refractivity contribution in [1.29, 1.82) is 0 Å². The number of aliphatic hydroxyl groups excluding tert-OH is 1. The number of aliphatic hydroxyl groups is 1. The summed E-state index contributed by atoms with van der Waals surface area (Å²) in [5.41, 5.74) is 5.63. The summed E-state index contributed by atoms with van der Waals surface area (Å²) in [4.78, 5) is 2.32. The molecule has 2 heteroatoms. The zero-order valence-electron chi connectivity index (χ0n) is 17.7. The van der Waals surface area contributed by atoms with Gasteiger partial charge in [0.25, 0.3) is 0 Å². The van der Waals surface area contributed by atoms with Crippen LogP contribution in [-0.2, 0) is 0 Å². The maximum Gasteiger partial charge on any atom is 0.0639 e. The molecule has 1 unspecified atom stereocenters. The molecule has 0 saturated carbocycles. The van der Waals surface area contributed by atoms with Gasteiger partial charge in [-0.15, -0.1) is 0 Å². The van der Waals surface area contributed by atoms with Crippen LogP contribution in [0.4, 0.5) is 0 Å². The number of hydrogen-bond acceptors (Lipinski definition) is 2. The average Bonchev–Trinajstić information content (AvgIpc) is 2.48. The van der Waals surface area contributed by atoms with E-state index in [9.17, 15) is 5.11 Å². The van der Waals surface area contributed by atoms with Crippen molar-refractivity contribution in [3.63, 3.8) is 0 Å². The summed E-state index contributed by atoms with van der Waals surface area (Å²) < 4.78 is 0. The second-order valence-electron chi connectivity index (χ2n) is 7.81. The Labute approximate surface area is 157 Å². The third-order valence-corrected chi connectivity index (χ3v) is 4.10. The highest BCUT2D eigenvalue weighted by atomic mass is 16.3. The number of hydrogen-bond donors (Lipinski definition) is 1. The summed E-state index contributed by atoms with van der Waals surface area (Å²) in [6.45, 7) is 17.4. The van der Waals surface area contributed by atoms with Crippen LogP contribution < -0.4 is 0 Å². The summed E-state index contributed by atoms with van der Waals surface area (Å²) in [6, 6.07) is 0. The first-order valence-electron chi connectivity index (χ1n) is 9.69. The highest BCUT2D eigenvalue weighted by Gasteiger charge is 2.06. The monoisotopic (exact) mass is 347 g/mol. The van der Waals surface area contributed by atoms with Gasteiger partial charge in [0.2, 0.25) is 0 Å². The first kappa shape index (κ1) is 23.9. The van der Waals surface area contributed by atoms with Crippen LogP contribution in [0.5, 0.6) is 0 Å². The Morgan fingerprint density at radius 3 is 1.48 bits per heavy atom. The van der Waals surface area contributed by atoms with Gasteiger partial charge in [0, 0.05) is 19.6 Å². The molecular formula is C23H41NO. The van der Waals surface area contributed by atoms with Crippen molar-refractivity contribution in [2.24, 2.45) is 0 Å². The fraction of sp³-hybridized carbons (Fsp3) is 0.652. The predicted octanol–water partition coefficient (Wildman–Crippen LogP) is 6.05. The van der Waals surface area contributed by atoms with Gasteiger partial charge in [-0.25, -0.2) is 0 Å². The van der Waals surface area contributed by atoms with E-state index in [1.54, 1.807) is 0 Å². The standard InChI is InChI=1S/C23H41NO/c1-19(2)10-8-12-21(5)14-16-24(18-23(7)25)17-15-22(6)13-9-11-20(3)4/h10-11,14-15,23,25H,8-9,12-13,16-18H2,1-7H3. The number of rotatable bonds is 12. The van der Waals surface area contributed by atoms with E-state index in [4.69, 9.17) is 0 Å². The zero-order valence-corrected chi connectivity index (χ0v) is 17.7. The molecule has 0 aliphatic rings. The van der Waals surface area contributed by atoms with Crippen molar-refractivity contribution in [3.05, 3.63) is 46.6 Å². The van der Waals surface area contributed by atoms with E-state index < -0.39 is 0 Å². The van der Waals surface area contributed by atoms with E-state index in [0.29, 0.717) is 0 Å². The minimum Gasteiger partial charge on any atom is -0.392 e. The van der Waals surface area contributed by atoms with Crippen LogP contribution in [-0.4, -0.2) is 35.7 Å². The molecule has 1 atom stereocenters. The van der Waals surface area contributed by atoms with E-state index in [1.807, 2.05) is 6.92 Å². The normalized spacial score (nSPS) is 13.8. The van der Waals surface area contributed by atoms with Crippen LogP contribution in [0.2, 0.25) is 0 Å². The molecule has 0 radical (unpaired) electrons. The fourth-order valence-corrected chi connectivity index (χ4v) is 2.55. The summed E-state index contributed by atoms with van der Waals surface area (Å²) in [6.07, 6.45) is 13.4. The van der Waals surface area contributed by atoms with E-state index in [1.165, 1.54) is 22.3 Å². The molecule has 0 heterocycles. The van der Waals surface area contributed by atoms with Crippen molar-refractivity contribution in [1.82, 2.24) is 4.90 Å². The molecule has 144 valence electrons. The predicted molar refractivity (Wildman–Crippen MR) is 113 cm³/mol. The second kappa shape index (κ2) is 14.1. The van der Waals surface area contributed by atoms with Gasteiger partial charge in [0.15, 0.2) is 0 Å². The third-order valence-electron chi connectivity index (χ3n) is 4.10. The van der Waals surface area contributed by atoms with Crippen LogP contribution in [0.1, 0.15) is 74.1 Å². The summed E-state index contributed by atoms with van der Waals surface area (Å²) in [7, 11) is 0. The zero-order chi connectivity index (χ0) is 19.2. The van der Waals surface area contributed by atoms with Gasteiger partial charge >= 0.3 is 0 Å². The quantitative estimate of drug-likeness (QED) is 0.434. The molecule has 0 aliphatic heterocycles. The smallest absolute Gasteiger partial charge is 0.0639 e. The molecule has 0 aromatic carbocycles. The Hall–Kier alpha value is -1.12. The molecule has 0 amide bonds. The Bertz CT molecular complexity index is 432. The van der Waals surface area contributed by atoms with Crippen LogP contribution in [0.3, 0.4) is 0 Å². The molecule has 2 nitrogen and oxygen atoms in total. The van der Waals surface area contributed by atoms with E-state index in [0.717, 1.165) is 45.3 Å². The van der Waals surface area contributed by atoms with E-state index >= 15 is 0 Å². The highest BCUT2D eigenvalue weighted by molar-refractivity contribution is 5.05. The lowest BCUT2D eigenvalue weighted by Gasteiger charge is -2.21. The molecule has 0 spiro atoms. The van der Waals surface area contributed by atoms with Gasteiger partial charge in [-0.2, -0.15) is 0 Å². The maximum atomic E-state index is 9.76. The summed E-state index contributed by atoms with van der Waals surface area (Å²) >= 11 is 0. The number of allylic oxidation sites excluding steroid dienone is 6. The summed E-state index contributed by atoms with van der Waals surface area (Å²) in [5, 5.41) is 9.76. The van der Waals surface area contributed by atoms with Gasteiger partial charge in [-0.05, 0) is 74.1 Å². The van der Waals surface area contributed by atoms with Crippen molar-refractivity contribution in [2.45, 2.75) is 80.3 Å². The maximum absolute atomic E-state index is 9.76. The Morgan fingerprint density at radius 2 is 1.16 bits per heavy atom. The van der Waals surface area contributed by atoms with Gasteiger partial charge in [-0.1, -0.05) is 46.6 Å². The van der Waals surface area contributed by atoms with Crippen molar-refractivity contribution < 1.29 is 5.11 Å². The molecule has 0 aromatic rings. The Morgan fingerprint density at radius 1 is 0.760 bits per heavy atom. The first-order chi connectivity index (χ1) is 11.7. The van der Waals surface area contributed by atoms with Crippen molar-refractivity contribution >= 4 is 0 Å². The van der Waals surface area contributed by atoms with E-state index in [2.05, 4.69) is 70.7 Å². The first-order valence-corrected chi connectivity index (χ1v) is 9.69. The molecule has 0 rings (SSSR count). The number of nitrogens with zero attached hydrogens (tertiary/aromatic N) is 1. The van der Waals surface area contributed by atoms with Crippen LogP contribution in [0, 0.1) is 0 Å². The van der Waals surface area contributed by atoms with Crippen LogP contribution in [0.25, 0.3) is 0 Å². The average molecular weight is 348 g/mol. The van der Waals surface area contributed by atoms with Crippen molar-refractivity contribution in [3.8, 4) is 0 Å². The SMILES string of the molecule is CC(C)=CCCC(C)=CCN(CC=C(C)CCC=C(C)C)CC(C)O. The van der Waals surface area contributed by atoms with Crippen LogP contribution >= 0.6 is 0 Å². The second-order valence-corrected chi connectivity index (χ2v) is 7.81. The van der Waals surface area contributed by atoms with E-state index in [-0.39, 0.29) is 6.10 Å². The van der Waals surface area contributed by atoms with Crippen LogP contribution in [0.15, 0.2) is 46.6 Å². The molecule has 0 aromatic heterocycles. The van der Waals surface area contributed by atoms with Gasteiger partial charge in [-0.3, -0.25) is 4.90 Å². The lowest BCUT2D eigenvalue weighted by molar-refractivity contribution is 0.140. The minimum absolute atomic E-state index is 0.293. The van der Waals surface area contributed by atoms with Crippen molar-refractivity contribution in [2.75, 3.05) is 19.6 Å².